The number of esters is 1. The van der Waals surface area contributed by atoms with Crippen molar-refractivity contribution < 1.29 is 18.7 Å². The number of methoxy groups -OCH3 is 1. The quantitative estimate of drug-likeness (QED) is 0.840. The third-order valence-corrected chi connectivity index (χ3v) is 3.48. The van der Waals surface area contributed by atoms with Crippen molar-refractivity contribution in [3.63, 3.8) is 0 Å². The molecule has 1 saturated carbocycles. The van der Waals surface area contributed by atoms with E-state index in [1.807, 2.05) is 0 Å². The fraction of sp³-hybridized carbons (Fsp3) is 0.429. The van der Waals surface area contributed by atoms with Crippen LogP contribution in [-0.2, 0) is 19.7 Å². The molecule has 1 N–H and O–H groups in total. The van der Waals surface area contributed by atoms with Crippen LogP contribution in [0.5, 0.6) is 0 Å². The van der Waals surface area contributed by atoms with E-state index >= 15 is 0 Å². The van der Waals surface area contributed by atoms with E-state index in [1.54, 1.807) is 19.1 Å². The predicted octanol–water partition coefficient (Wildman–Crippen LogP) is 1.53. The molecule has 0 spiro atoms. The first-order valence-electron chi connectivity index (χ1n) is 6.14. The molecule has 1 amide bonds. The lowest BCUT2D eigenvalue weighted by Gasteiger charge is -2.18. The lowest BCUT2D eigenvalue weighted by atomic mass is 9.94. The van der Waals surface area contributed by atoms with Crippen molar-refractivity contribution in [3.8, 4) is 0 Å². The lowest BCUT2D eigenvalue weighted by molar-refractivity contribution is -0.144. The summed E-state index contributed by atoms with van der Waals surface area (Å²) >= 11 is 0. The highest BCUT2D eigenvalue weighted by Gasteiger charge is 2.51. The average molecular weight is 265 g/mol. The van der Waals surface area contributed by atoms with Crippen LogP contribution >= 0.6 is 0 Å². The number of hydrogen-bond donors (Lipinski definition) is 1. The Hall–Kier alpha value is -1.91. The second-order valence-corrected chi connectivity index (χ2v) is 4.81. The molecular formula is C14H16FNO3. The number of halogens is 1. The first-order chi connectivity index (χ1) is 8.99. The molecule has 0 saturated heterocycles. The normalized spacial score (nSPS) is 17.4. The molecule has 1 aliphatic rings. The zero-order chi connectivity index (χ0) is 14.0. The Labute approximate surface area is 110 Å². The molecule has 1 fully saturated rings. The van der Waals surface area contributed by atoms with Gasteiger partial charge >= 0.3 is 5.97 Å². The maximum Gasteiger partial charge on any atom is 0.328 e. The topological polar surface area (TPSA) is 55.4 Å². The molecule has 1 aliphatic carbocycles. The highest BCUT2D eigenvalue weighted by Crippen LogP contribution is 2.48. The van der Waals surface area contributed by atoms with Gasteiger partial charge in [0.15, 0.2) is 0 Å². The number of rotatable bonds is 4. The smallest absolute Gasteiger partial charge is 0.328 e. The number of amides is 1. The van der Waals surface area contributed by atoms with Crippen LogP contribution in [0.2, 0.25) is 0 Å². The molecular weight excluding hydrogens is 249 g/mol. The van der Waals surface area contributed by atoms with Gasteiger partial charge in [-0.25, -0.2) is 9.18 Å². The van der Waals surface area contributed by atoms with Crippen molar-refractivity contribution >= 4 is 11.9 Å². The molecule has 1 aromatic carbocycles. The second kappa shape index (κ2) is 4.99. The van der Waals surface area contributed by atoms with Gasteiger partial charge in [0, 0.05) is 0 Å². The Morgan fingerprint density at radius 2 is 1.89 bits per heavy atom. The van der Waals surface area contributed by atoms with Crippen molar-refractivity contribution in [1.29, 1.82) is 0 Å². The number of hydrogen-bond acceptors (Lipinski definition) is 3. The number of carbonyl (C=O) groups excluding carboxylic acids is 2. The summed E-state index contributed by atoms with van der Waals surface area (Å²) in [5.41, 5.74) is 0.166. The molecule has 0 aromatic heterocycles. The average Bonchev–Trinajstić information content (AvgIpc) is 3.20. The van der Waals surface area contributed by atoms with Crippen LogP contribution in [0.3, 0.4) is 0 Å². The fourth-order valence-electron chi connectivity index (χ4n) is 2.11. The number of benzene rings is 1. The Balaban J connectivity index is 2.10. The molecule has 0 aliphatic heterocycles. The van der Waals surface area contributed by atoms with Gasteiger partial charge < -0.3 is 10.1 Å². The molecule has 0 radical (unpaired) electrons. The second-order valence-electron chi connectivity index (χ2n) is 4.81. The Kier molecular flexibility index (Phi) is 3.55. The van der Waals surface area contributed by atoms with Crippen LogP contribution in [-0.4, -0.2) is 25.0 Å². The van der Waals surface area contributed by atoms with Gasteiger partial charge in [-0.2, -0.15) is 0 Å². The van der Waals surface area contributed by atoms with Crippen LogP contribution < -0.4 is 5.32 Å². The summed E-state index contributed by atoms with van der Waals surface area (Å²) in [5.74, 6) is -1.02. The first kappa shape index (κ1) is 13.5. The van der Waals surface area contributed by atoms with Crippen LogP contribution in [0.15, 0.2) is 24.3 Å². The summed E-state index contributed by atoms with van der Waals surface area (Å²) in [4.78, 5) is 23.5. The molecule has 2 rings (SSSR count). The van der Waals surface area contributed by atoms with Gasteiger partial charge in [0.2, 0.25) is 5.91 Å². The molecule has 102 valence electrons. The third kappa shape index (κ3) is 2.59. The SMILES string of the molecule is COC(=O)C(C)NC(=O)C1(c2ccc(F)cc2)CC1. The van der Waals surface area contributed by atoms with E-state index < -0.39 is 17.4 Å². The monoisotopic (exact) mass is 265 g/mol. The highest BCUT2D eigenvalue weighted by atomic mass is 19.1. The molecule has 19 heavy (non-hydrogen) atoms. The highest BCUT2D eigenvalue weighted by molar-refractivity contribution is 5.94. The van der Waals surface area contributed by atoms with Crippen molar-refractivity contribution in [2.45, 2.75) is 31.2 Å². The Morgan fingerprint density at radius 1 is 1.32 bits per heavy atom. The van der Waals surface area contributed by atoms with Crippen LogP contribution in [0.25, 0.3) is 0 Å². The zero-order valence-electron chi connectivity index (χ0n) is 10.9. The van der Waals surface area contributed by atoms with E-state index in [2.05, 4.69) is 10.1 Å². The van der Waals surface area contributed by atoms with Gasteiger partial charge in [-0.1, -0.05) is 12.1 Å². The maximum atomic E-state index is 12.9. The van der Waals surface area contributed by atoms with Crippen molar-refractivity contribution in [2.75, 3.05) is 7.11 Å². The van der Waals surface area contributed by atoms with E-state index in [9.17, 15) is 14.0 Å². The van der Waals surface area contributed by atoms with Crippen LogP contribution in [0.1, 0.15) is 25.3 Å². The van der Waals surface area contributed by atoms with E-state index in [-0.39, 0.29) is 11.7 Å². The van der Waals surface area contributed by atoms with E-state index in [1.165, 1.54) is 19.2 Å². The maximum absolute atomic E-state index is 12.9. The number of carbonyl (C=O) groups is 2. The van der Waals surface area contributed by atoms with Gasteiger partial charge in [0.1, 0.15) is 11.9 Å². The molecule has 1 unspecified atom stereocenters. The summed E-state index contributed by atoms with van der Waals surface area (Å²) in [6, 6.07) is 5.23. The van der Waals surface area contributed by atoms with Crippen molar-refractivity contribution in [2.24, 2.45) is 0 Å². The van der Waals surface area contributed by atoms with Gasteiger partial charge in [0.05, 0.1) is 12.5 Å². The van der Waals surface area contributed by atoms with Gasteiger partial charge in [-0.15, -0.1) is 0 Å². The van der Waals surface area contributed by atoms with Crippen molar-refractivity contribution in [3.05, 3.63) is 35.6 Å². The Morgan fingerprint density at radius 3 is 2.37 bits per heavy atom. The molecule has 5 heteroatoms. The summed E-state index contributed by atoms with van der Waals surface area (Å²) in [5, 5.41) is 2.64. The number of nitrogens with one attached hydrogen (secondary N) is 1. The third-order valence-electron chi connectivity index (χ3n) is 3.48. The molecule has 4 nitrogen and oxygen atoms in total. The molecule has 0 heterocycles. The standard InChI is InChI=1S/C14H16FNO3/c1-9(12(17)19-2)16-13(18)14(7-8-14)10-3-5-11(15)6-4-10/h3-6,9H,7-8H2,1-2H3,(H,16,18). The summed E-state index contributed by atoms with van der Waals surface area (Å²) < 4.78 is 17.5. The minimum atomic E-state index is -0.685. The van der Waals surface area contributed by atoms with Gasteiger partial charge in [0.25, 0.3) is 0 Å². The summed E-state index contributed by atoms with van der Waals surface area (Å²) in [6.07, 6.45) is 1.41. The molecule has 1 atom stereocenters. The van der Waals surface area contributed by atoms with Crippen LogP contribution in [0.4, 0.5) is 4.39 Å². The van der Waals surface area contributed by atoms with Crippen LogP contribution in [0, 0.1) is 5.82 Å². The minimum absolute atomic E-state index is 0.211. The van der Waals surface area contributed by atoms with Gasteiger partial charge in [-0.05, 0) is 37.5 Å². The van der Waals surface area contributed by atoms with E-state index in [0.29, 0.717) is 12.8 Å². The summed E-state index contributed by atoms with van der Waals surface area (Å²) in [6.45, 7) is 1.57. The van der Waals surface area contributed by atoms with Gasteiger partial charge in [-0.3, -0.25) is 4.79 Å². The molecule has 1 aromatic rings. The fourth-order valence-corrected chi connectivity index (χ4v) is 2.11. The largest absolute Gasteiger partial charge is 0.467 e. The van der Waals surface area contributed by atoms with E-state index in [0.717, 1.165) is 5.56 Å². The lowest BCUT2D eigenvalue weighted by Crippen LogP contribution is -2.44. The zero-order valence-corrected chi connectivity index (χ0v) is 10.9. The first-order valence-corrected chi connectivity index (χ1v) is 6.14. The Bertz CT molecular complexity index is 494. The number of ether oxygens (including phenoxy) is 1. The summed E-state index contributed by atoms with van der Waals surface area (Å²) in [7, 11) is 1.28. The van der Waals surface area contributed by atoms with E-state index in [4.69, 9.17) is 0 Å². The molecule has 0 bridgehead atoms. The van der Waals surface area contributed by atoms with Crippen molar-refractivity contribution in [1.82, 2.24) is 5.32 Å². The predicted molar refractivity (Wildman–Crippen MR) is 66.9 cm³/mol. The minimum Gasteiger partial charge on any atom is -0.467 e.